The summed E-state index contributed by atoms with van der Waals surface area (Å²) in [6.45, 7) is 5.02. The molecule has 0 aliphatic carbocycles. The van der Waals surface area contributed by atoms with Crippen molar-refractivity contribution in [3.8, 4) is 17.2 Å². The lowest BCUT2D eigenvalue weighted by atomic mass is 10.1. The lowest BCUT2D eigenvalue weighted by Gasteiger charge is -2.10. The van der Waals surface area contributed by atoms with Crippen LogP contribution >= 0.6 is 11.8 Å². The van der Waals surface area contributed by atoms with Crippen LogP contribution in [0.4, 0.5) is 0 Å². The first-order chi connectivity index (χ1) is 13.6. The van der Waals surface area contributed by atoms with Gasteiger partial charge in [-0.15, -0.1) is 10.2 Å². The lowest BCUT2D eigenvalue weighted by molar-refractivity contribution is 0.288. The van der Waals surface area contributed by atoms with E-state index in [4.69, 9.17) is 14.2 Å². The maximum atomic E-state index is 5.94. The first-order valence-corrected chi connectivity index (χ1v) is 10.0. The highest BCUT2D eigenvalue weighted by atomic mass is 32.2. The van der Waals surface area contributed by atoms with Crippen LogP contribution < -0.4 is 14.2 Å². The summed E-state index contributed by atoms with van der Waals surface area (Å²) in [6.07, 6.45) is 0. The number of nitrogens with zero attached hydrogens (tertiary/aromatic N) is 3. The second-order valence-electron chi connectivity index (χ2n) is 6.36. The molecule has 28 heavy (non-hydrogen) atoms. The standard InChI is InChI=1S/C21H25N3O3S/c1-15-9-10-16(2)19(13-15)27-14-20-22-23-21(24(20)3)28-12-11-26-18-8-6-5-7-17(18)25-4/h5-10,13H,11-12,14H2,1-4H3. The van der Waals surface area contributed by atoms with Crippen LogP contribution in [-0.2, 0) is 13.7 Å². The van der Waals surface area contributed by atoms with Crippen LogP contribution in [-0.4, -0.2) is 34.2 Å². The largest absolute Gasteiger partial charge is 0.493 e. The second kappa shape index (κ2) is 9.50. The minimum Gasteiger partial charge on any atom is -0.493 e. The van der Waals surface area contributed by atoms with Gasteiger partial charge in [0, 0.05) is 12.8 Å². The van der Waals surface area contributed by atoms with E-state index in [1.165, 1.54) is 5.56 Å². The van der Waals surface area contributed by atoms with Gasteiger partial charge in [0.15, 0.2) is 22.5 Å². The summed E-state index contributed by atoms with van der Waals surface area (Å²) in [5, 5.41) is 9.35. The van der Waals surface area contributed by atoms with Crippen LogP contribution in [0.3, 0.4) is 0 Å². The maximum Gasteiger partial charge on any atom is 0.191 e. The van der Waals surface area contributed by atoms with Crippen LogP contribution in [0, 0.1) is 13.8 Å². The van der Waals surface area contributed by atoms with Gasteiger partial charge in [-0.25, -0.2) is 0 Å². The molecule has 0 aliphatic heterocycles. The molecule has 2 aromatic carbocycles. The van der Waals surface area contributed by atoms with Gasteiger partial charge in [-0.1, -0.05) is 36.0 Å². The van der Waals surface area contributed by atoms with Crippen molar-refractivity contribution in [3.05, 3.63) is 59.4 Å². The van der Waals surface area contributed by atoms with Crippen molar-refractivity contribution >= 4 is 11.8 Å². The minimum atomic E-state index is 0.381. The van der Waals surface area contributed by atoms with Gasteiger partial charge in [-0.2, -0.15) is 0 Å². The third kappa shape index (κ3) is 4.98. The molecule has 0 N–H and O–H groups in total. The summed E-state index contributed by atoms with van der Waals surface area (Å²) >= 11 is 1.60. The van der Waals surface area contributed by atoms with E-state index in [2.05, 4.69) is 29.3 Å². The van der Waals surface area contributed by atoms with E-state index in [1.807, 2.05) is 48.9 Å². The van der Waals surface area contributed by atoms with Gasteiger partial charge >= 0.3 is 0 Å². The molecule has 6 nitrogen and oxygen atoms in total. The highest BCUT2D eigenvalue weighted by Crippen LogP contribution is 2.26. The highest BCUT2D eigenvalue weighted by molar-refractivity contribution is 7.99. The second-order valence-corrected chi connectivity index (χ2v) is 7.43. The molecule has 3 rings (SSSR count). The number of rotatable bonds is 9. The Morgan fingerprint density at radius 2 is 1.75 bits per heavy atom. The smallest absolute Gasteiger partial charge is 0.191 e. The van der Waals surface area contributed by atoms with Crippen molar-refractivity contribution in [2.75, 3.05) is 19.5 Å². The molecule has 0 saturated carbocycles. The van der Waals surface area contributed by atoms with Crippen molar-refractivity contribution in [2.45, 2.75) is 25.6 Å². The Hall–Kier alpha value is -2.67. The first kappa shape index (κ1) is 20.1. The molecular formula is C21H25N3O3S. The Morgan fingerprint density at radius 1 is 0.964 bits per heavy atom. The Kier molecular flexibility index (Phi) is 6.81. The molecule has 0 saturated heterocycles. The molecule has 0 fully saturated rings. The Morgan fingerprint density at radius 3 is 2.54 bits per heavy atom. The lowest BCUT2D eigenvalue weighted by Crippen LogP contribution is -2.06. The van der Waals surface area contributed by atoms with Crippen LogP contribution in [0.15, 0.2) is 47.6 Å². The Bertz CT molecular complexity index is 927. The third-order valence-corrected chi connectivity index (χ3v) is 5.25. The van der Waals surface area contributed by atoms with Gasteiger partial charge < -0.3 is 18.8 Å². The average molecular weight is 400 g/mol. The first-order valence-electron chi connectivity index (χ1n) is 9.05. The van der Waals surface area contributed by atoms with E-state index in [9.17, 15) is 0 Å². The van der Waals surface area contributed by atoms with Crippen molar-refractivity contribution in [2.24, 2.45) is 7.05 Å². The van der Waals surface area contributed by atoms with E-state index < -0.39 is 0 Å². The zero-order valence-electron chi connectivity index (χ0n) is 16.6. The van der Waals surface area contributed by atoms with Gasteiger partial charge in [-0.3, -0.25) is 0 Å². The van der Waals surface area contributed by atoms with E-state index in [0.29, 0.717) is 13.2 Å². The van der Waals surface area contributed by atoms with Gasteiger partial charge in [-0.05, 0) is 43.2 Å². The SMILES string of the molecule is COc1ccccc1OCCSc1nnc(COc2cc(C)ccc2C)n1C. The number of para-hydroxylation sites is 2. The summed E-state index contributed by atoms with van der Waals surface area (Å²) in [4.78, 5) is 0. The van der Waals surface area contributed by atoms with Crippen molar-refractivity contribution in [1.82, 2.24) is 14.8 Å². The summed E-state index contributed by atoms with van der Waals surface area (Å²) in [6, 6.07) is 13.8. The molecule has 0 amide bonds. The molecule has 3 aromatic rings. The van der Waals surface area contributed by atoms with Gasteiger partial charge in [0.1, 0.15) is 12.4 Å². The number of aryl methyl sites for hydroxylation is 2. The molecule has 0 spiro atoms. The summed E-state index contributed by atoms with van der Waals surface area (Å²) < 4.78 is 19.0. The van der Waals surface area contributed by atoms with Crippen molar-refractivity contribution < 1.29 is 14.2 Å². The topological polar surface area (TPSA) is 58.4 Å². The van der Waals surface area contributed by atoms with Crippen molar-refractivity contribution in [1.29, 1.82) is 0 Å². The third-order valence-electron chi connectivity index (χ3n) is 4.27. The summed E-state index contributed by atoms with van der Waals surface area (Å²) in [5.74, 6) is 3.89. The fourth-order valence-corrected chi connectivity index (χ4v) is 3.37. The molecule has 1 heterocycles. The van der Waals surface area contributed by atoms with E-state index in [-0.39, 0.29) is 0 Å². The van der Waals surface area contributed by atoms with E-state index in [1.54, 1.807) is 18.9 Å². The summed E-state index contributed by atoms with van der Waals surface area (Å²) in [5.41, 5.74) is 2.28. The average Bonchev–Trinajstić information content (AvgIpc) is 3.06. The van der Waals surface area contributed by atoms with Crippen LogP contribution in [0.25, 0.3) is 0 Å². The minimum absolute atomic E-state index is 0.381. The molecule has 0 unspecified atom stereocenters. The Balaban J connectivity index is 1.51. The van der Waals surface area contributed by atoms with E-state index >= 15 is 0 Å². The molecule has 148 valence electrons. The normalized spacial score (nSPS) is 10.7. The molecule has 0 aliphatic rings. The fourth-order valence-electron chi connectivity index (χ4n) is 2.62. The predicted octanol–water partition coefficient (Wildman–Crippen LogP) is 4.19. The number of aromatic nitrogens is 3. The number of methoxy groups -OCH3 is 1. The molecular weight excluding hydrogens is 374 g/mol. The zero-order chi connectivity index (χ0) is 19.9. The highest BCUT2D eigenvalue weighted by Gasteiger charge is 2.11. The zero-order valence-corrected chi connectivity index (χ0v) is 17.5. The van der Waals surface area contributed by atoms with Crippen LogP contribution in [0.2, 0.25) is 0 Å². The molecule has 0 radical (unpaired) electrons. The van der Waals surface area contributed by atoms with Gasteiger partial charge in [0.25, 0.3) is 0 Å². The predicted molar refractivity (Wildman–Crippen MR) is 110 cm³/mol. The Labute approximate surface area is 169 Å². The van der Waals surface area contributed by atoms with Gasteiger partial charge in [0.2, 0.25) is 0 Å². The van der Waals surface area contributed by atoms with Crippen molar-refractivity contribution in [3.63, 3.8) is 0 Å². The van der Waals surface area contributed by atoms with Gasteiger partial charge in [0.05, 0.1) is 13.7 Å². The number of hydrogen-bond donors (Lipinski definition) is 0. The number of thioether (sulfide) groups is 1. The van der Waals surface area contributed by atoms with E-state index in [0.717, 1.165) is 39.5 Å². The van der Waals surface area contributed by atoms with Crippen LogP contribution in [0.5, 0.6) is 17.2 Å². The number of benzene rings is 2. The molecule has 7 heteroatoms. The summed E-state index contributed by atoms with van der Waals surface area (Å²) in [7, 11) is 3.59. The maximum absolute atomic E-state index is 5.94. The monoisotopic (exact) mass is 399 g/mol. The molecule has 1 aromatic heterocycles. The van der Waals surface area contributed by atoms with Crippen LogP contribution in [0.1, 0.15) is 17.0 Å². The quantitative estimate of drug-likeness (QED) is 0.397. The fraction of sp³-hybridized carbons (Fsp3) is 0.333. The molecule has 0 bridgehead atoms. The number of ether oxygens (including phenoxy) is 3. The number of hydrogen-bond acceptors (Lipinski definition) is 6. The molecule has 0 atom stereocenters.